The SMILES string of the molecule is CON1C(=O)CCC1=O.O=CCCCCCN1C(=O)C=CC1=O. The van der Waals surface area contributed by atoms with E-state index in [4.69, 9.17) is 0 Å². The molecule has 2 aliphatic heterocycles. The molecule has 2 heterocycles. The largest absolute Gasteiger partial charge is 0.303 e. The van der Waals surface area contributed by atoms with E-state index in [9.17, 15) is 24.0 Å². The second-order valence-corrected chi connectivity index (χ2v) is 4.94. The van der Waals surface area contributed by atoms with Crippen LogP contribution in [0.4, 0.5) is 0 Å². The van der Waals surface area contributed by atoms with Gasteiger partial charge in [-0.05, 0) is 12.8 Å². The molecule has 8 heteroatoms. The molecule has 4 amide bonds. The van der Waals surface area contributed by atoms with E-state index in [1.807, 2.05) is 0 Å². The minimum atomic E-state index is -0.248. The number of hydrogen-bond donors (Lipinski definition) is 0. The van der Waals surface area contributed by atoms with E-state index in [1.54, 1.807) is 0 Å². The summed E-state index contributed by atoms with van der Waals surface area (Å²) in [7, 11) is 1.31. The third-order valence-corrected chi connectivity index (χ3v) is 3.29. The lowest BCUT2D eigenvalue weighted by molar-refractivity contribution is -0.179. The Hall–Kier alpha value is -2.35. The average Bonchev–Trinajstić information content (AvgIpc) is 3.03. The van der Waals surface area contributed by atoms with Crippen molar-refractivity contribution in [1.82, 2.24) is 9.96 Å². The van der Waals surface area contributed by atoms with Crippen LogP contribution in [0.1, 0.15) is 38.5 Å². The van der Waals surface area contributed by atoms with Crippen LogP contribution in [0.25, 0.3) is 0 Å². The highest BCUT2D eigenvalue weighted by molar-refractivity contribution is 6.12. The molecule has 0 spiro atoms. The summed E-state index contributed by atoms with van der Waals surface area (Å²) in [5, 5.41) is 0.792. The van der Waals surface area contributed by atoms with E-state index < -0.39 is 0 Å². The maximum atomic E-state index is 11.1. The Morgan fingerprint density at radius 2 is 1.57 bits per heavy atom. The number of carbonyl (C=O) groups is 5. The summed E-state index contributed by atoms with van der Waals surface area (Å²) in [5.74, 6) is -0.958. The Kier molecular flexibility index (Phi) is 7.82. The molecule has 1 fully saturated rings. The molecule has 0 N–H and O–H groups in total. The molecule has 0 saturated carbocycles. The van der Waals surface area contributed by atoms with Gasteiger partial charge in [0.1, 0.15) is 6.29 Å². The van der Waals surface area contributed by atoms with Crippen LogP contribution in [-0.2, 0) is 28.8 Å². The van der Waals surface area contributed by atoms with Crippen LogP contribution >= 0.6 is 0 Å². The maximum absolute atomic E-state index is 11.1. The van der Waals surface area contributed by atoms with Crippen molar-refractivity contribution >= 4 is 29.9 Å². The summed E-state index contributed by atoms with van der Waals surface area (Å²) in [4.78, 5) is 59.0. The lowest BCUT2D eigenvalue weighted by atomic mass is 10.2. The van der Waals surface area contributed by atoms with Crippen LogP contribution < -0.4 is 0 Å². The van der Waals surface area contributed by atoms with Gasteiger partial charge >= 0.3 is 0 Å². The molecule has 0 unspecified atom stereocenters. The van der Waals surface area contributed by atoms with Crippen molar-refractivity contribution in [3.8, 4) is 0 Å². The standard InChI is InChI=1S/C10H13NO3.C5H7NO3/c12-8-4-2-1-3-7-11-9(13)5-6-10(11)14;1-9-6-4(7)2-3-5(6)8/h5-6,8H,1-4,7H2;2-3H2,1H3. The molecule has 2 rings (SSSR count). The zero-order valence-electron chi connectivity index (χ0n) is 13.0. The van der Waals surface area contributed by atoms with Gasteiger partial charge in [-0.1, -0.05) is 6.42 Å². The molecule has 0 aliphatic carbocycles. The van der Waals surface area contributed by atoms with Gasteiger partial charge in [-0.25, -0.2) is 0 Å². The molecule has 0 aromatic carbocycles. The minimum Gasteiger partial charge on any atom is -0.303 e. The third kappa shape index (κ3) is 5.74. The molecule has 0 aromatic heterocycles. The summed E-state index contributed by atoms with van der Waals surface area (Å²) < 4.78 is 0. The molecule has 8 nitrogen and oxygen atoms in total. The van der Waals surface area contributed by atoms with Gasteiger partial charge in [0.15, 0.2) is 0 Å². The summed E-state index contributed by atoms with van der Waals surface area (Å²) in [5.41, 5.74) is 0. The van der Waals surface area contributed by atoms with Crippen LogP contribution in [0.15, 0.2) is 12.2 Å². The van der Waals surface area contributed by atoms with Crippen LogP contribution in [0, 0.1) is 0 Å². The zero-order valence-corrected chi connectivity index (χ0v) is 13.0. The van der Waals surface area contributed by atoms with Crippen LogP contribution in [-0.4, -0.2) is 53.5 Å². The number of hydrogen-bond acceptors (Lipinski definition) is 6. The van der Waals surface area contributed by atoms with E-state index in [0.717, 1.165) is 30.6 Å². The topological polar surface area (TPSA) is 101 Å². The fourth-order valence-corrected chi connectivity index (χ4v) is 2.09. The van der Waals surface area contributed by atoms with E-state index in [-0.39, 0.29) is 36.5 Å². The number of aldehydes is 1. The lowest BCUT2D eigenvalue weighted by Crippen LogP contribution is -2.30. The first-order valence-electron chi connectivity index (χ1n) is 7.38. The number of imide groups is 2. The zero-order chi connectivity index (χ0) is 17.2. The van der Waals surface area contributed by atoms with Crippen molar-refractivity contribution in [2.75, 3.05) is 13.7 Å². The van der Waals surface area contributed by atoms with Crippen molar-refractivity contribution in [3.63, 3.8) is 0 Å². The van der Waals surface area contributed by atoms with Gasteiger partial charge in [0.05, 0.1) is 7.11 Å². The predicted molar refractivity (Wildman–Crippen MR) is 78.5 cm³/mol. The first kappa shape index (κ1) is 18.7. The first-order valence-corrected chi connectivity index (χ1v) is 7.38. The highest BCUT2D eigenvalue weighted by Crippen LogP contribution is 2.10. The van der Waals surface area contributed by atoms with Crippen LogP contribution in [0.2, 0.25) is 0 Å². The number of hydroxylamine groups is 2. The smallest absolute Gasteiger partial charge is 0.253 e. The maximum Gasteiger partial charge on any atom is 0.253 e. The highest BCUT2D eigenvalue weighted by atomic mass is 16.7. The second kappa shape index (κ2) is 9.62. The summed E-state index contributed by atoms with van der Waals surface area (Å²) in [6.07, 6.45) is 7.05. The Balaban J connectivity index is 0.000000253. The predicted octanol–water partition coefficient (Wildman–Crippen LogP) is 0.367. The van der Waals surface area contributed by atoms with E-state index >= 15 is 0 Å². The van der Waals surface area contributed by atoms with E-state index in [1.165, 1.54) is 24.2 Å². The van der Waals surface area contributed by atoms with E-state index in [0.29, 0.717) is 13.0 Å². The molecule has 0 atom stereocenters. The van der Waals surface area contributed by atoms with Crippen LogP contribution in [0.3, 0.4) is 0 Å². The monoisotopic (exact) mass is 324 g/mol. The van der Waals surface area contributed by atoms with Gasteiger partial charge in [-0.3, -0.25) is 28.9 Å². The average molecular weight is 324 g/mol. The first-order chi connectivity index (χ1) is 11.0. The molecule has 2 aliphatic rings. The number of carbonyl (C=O) groups excluding carboxylic acids is 5. The normalized spacial score (nSPS) is 16.9. The number of amides is 4. The Morgan fingerprint density at radius 1 is 1.00 bits per heavy atom. The minimum absolute atomic E-state index is 0.231. The Labute approximate surface area is 134 Å². The van der Waals surface area contributed by atoms with Crippen molar-refractivity contribution in [3.05, 3.63) is 12.2 Å². The molecule has 126 valence electrons. The van der Waals surface area contributed by atoms with Gasteiger partial charge in [0.25, 0.3) is 23.6 Å². The lowest BCUT2D eigenvalue weighted by Gasteiger charge is -2.12. The molecule has 0 bridgehead atoms. The quantitative estimate of drug-likeness (QED) is 0.381. The Morgan fingerprint density at radius 3 is 2.00 bits per heavy atom. The fraction of sp³-hybridized carbons (Fsp3) is 0.533. The van der Waals surface area contributed by atoms with Gasteiger partial charge in [-0.2, -0.15) is 5.06 Å². The highest BCUT2D eigenvalue weighted by Gasteiger charge is 2.28. The van der Waals surface area contributed by atoms with Gasteiger partial charge < -0.3 is 4.79 Å². The molecule has 23 heavy (non-hydrogen) atoms. The number of rotatable bonds is 7. The van der Waals surface area contributed by atoms with E-state index in [2.05, 4.69) is 4.84 Å². The summed E-state index contributed by atoms with van der Waals surface area (Å²) in [6.45, 7) is 0.462. The van der Waals surface area contributed by atoms with Gasteiger partial charge in [0, 0.05) is 38.0 Å². The molecular formula is C15H20N2O6. The number of nitrogens with zero attached hydrogens (tertiary/aromatic N) is 2. The number of unbranched alkanes of at least 4 members (excludes halogenated alkanes) is 3. The van der Waals surface area contributed by atoms with Crippen molar-refractivity contribution in [2.24, 2.45) is 0 Å². The second-order valence-electron chi connectivity index (χ2n) is 4.94. The molecule has 0 radical (unpaired) electrons. The van der Waals surface area contributed by atoms with Gasteiger partial charge in [-0.15, -0.1) is 0 Å². The summed E-state index contributed by atoms with van der Waals surface area (Å²) in [6, 6.07) is 0. The summed E-state index contributed by atoms with van der Waals surface area (Å²) >= 11 is 0. The van der Waals surface area contributed by atoms with Gasteiger partial charge in [0.2, 0.25) is 0 Å². The molecule has 0 aromatic rings. The van der Waals surface area contributed by atoms with Crippen molar-refractivity contribution in [2.45, 2.75) is 38.5 Å². The van der Waals surface area contributed by atoms with Crippen molar-refractivity contribution < 1.29 is 28.8 Å². The fourth-order valence-electron chi connectivity index (χ4n) is 2.09. The van der Waals surface area contributed by atoms with Crippen molar-refractivity contribution in [1.29, 1.82) is 0 Å². The molecular weight excluding hydrogens is 304 g/mol. The third-order valence-electron chi connectivity index (χ3n) is 3.29. The Bertz CT molecular complexity index is 480. The van der Waals surface area contributed by atoms with Crippen LogP contribution in [0.5, 0.6) is 0 Å². The molecule has 1 saturated heterocycles.